The second-order valence-corrected chi connectivity index (χ2v) is 8.47. The van der Waals surface area contributed by atoms with E-state index < -0.39 is 22.1 Å². The van der Waals surface area contributed by atoms with Crippen molar-refractivity contribution in [2.75, 3.05) is 26.2 Å². The molecule has 11 heteroatoms. The van der Waals surface area contributed by atoms with Gasteiger partial charge >= 0.3 is 6.36 Å². The highest BCUT2D eigenvalue weighted by molar-refractivity contribution is 7.89. The third-order valence-electron chi connectivity index (χ3n) is 4.40. The van der Waals surface area contributed by atoms with Gasteiger partial charge in [-0.05, 0) is 49.4 Å². The van der Waals surface area contributed by atoms with Crippen LogP contribution < -0.4 is 4.74 Å². The van der Waals surface area contributed by atoms with Crippen LogP contribution in [0.4, 0.5) is 13.2 Å². The minimum absolute atomic E-state index is 0.0720. The normalized spacial score (nSPS) is 16.2. The highest BCUT2D eigenvalue weighted by Crippen LogP contribution is 2.25. The van der Waals surface area contributed by atoms with E-state index >= 15 is 0 Å². The molecule has 0 aliphatic carbocycles. The smallest absolute Gasteiger partial charge is 0.462 e. The number of furan rings is 1. The van der Waals surface area contributed by atoms with Crippen LogP contribution in [0.2, 0.25) is 0 Å². The van der Waals surface area contributed by atoms with Crippen molar-refractivity contribution < 1.29 is 35.5 Å². The number of amides is 1. The average molecular weight is 444 g/mol. The number of sulfonamides is 1. The van der Waals surface area contributed by atoms with E-state index in [1.165, 1.54) is 15.3 Å². The molecule has 1 saturated heterocycles. The van der Waals surface area contributed by atoms with Crippen molar-refractivity contribution in [3.63, 3.8) is 0 Å². The van der Waals surface area contributed by atoms with Gasteiger partial charge in [-0.1, -0.05) is 0 Å². The van der Waals surface area contributed by atoms with Gasteiger partial charge in [0.05, 0.1) is 4.90 Å². The first-order valence-corrected chi connectivity index (χ1v) is 10.4. The van der Waals surface area contributed by atoms with Crippen LogP contribution >= 0.6 is 0 Å². The third-order valence-corrected chi connectivity index (χ3v) is 6.31. The molecule has 0 saturated carbocycles. The summed E-state index contributed by atoms with van der Waals surface area (Å²) in [5, 5.41) is 0. The number of hydrogen-bond donors (Lipinski definition) is 0. The fraction of sp³-hybridized carbons (Fsp3) is 0.316. The summed E-state index contributed by atoms with van der Waals surface area (Å²) in [5.74, 6) is 0.490. The van der Waals surface area contributed by atoms with Gasteiger partial charge in [0.1, 0.15) is 17.3 Å². The molecule has 2 heterocycles. The maximum atomic E-state index is 12.7. The van der Waals surface area contributed by atoms with Gasteiger partial charge in [-0.3, -0.25) is 4.79 Å². The molecule has 1 aromatic heterocycles. The highest BCUT2D eigenvalue weighted by atomic mass is 32.2. The molecule has 1 aliphatic heterocycles. The Bertz CT molecular complexity index is 1020. The minimum atomic E-state index is -4.85. The molecule has 2 aromatic rings. The average Bonchev–Trinajstić information content (AvgIpc) is 3.10. The van der Waals surface area contributed by atoms with Gasteiger partial charge < -0.3 is 14.1 Å². The standard InChI is InChI=1S/C19H19F3N2O5S/c1-14-2-3-15(28-14)6-9-18(25)23-10-12-24(13-11-23)30(26,27)17-7-4-16(5-8-17)29-19(20,21)22/h2-9H,10-13H2,1H3/b9-6+. The molecule has 0 unspecified atom stereocenters. The molecule has 1 aromatic carbocycles. The van der Waals surface area contributed by atoms with E-state index in [1.54, 1.807) is 25.1 Å². The molecular weight excluding hydrogens is 425 g/mol. The molecule has 162 valence electrons. The molecule has 0 atom stereocenters. The zero-order chi connectivity index (χ0) is 21.9. The van der Waals surface area contributed by atoms with Crippen LogP contribution in [0.25, 0.3) is 6.08 Å². The van der Waals surface area contributed by atoms with Crippen molar-refractivity contribution >= 4 is 22.0 Å². The first kappa shape index (κ1) is 21.9. The van der Waals surface area contributed by atoms with E-state index in [2.05, 4.69) is 4.74 Å². The molecule has 7 nitrogen and oxygen atoms in total. The van der Waals surface area contributed by atoms with Crippen molar-refractivity contribution in [3.8, 4) is 5.75 Å². The molecule has 3 rings (SSSR count). The summed E-state index contributed by atoms with van der Waals surface area (Å²) in [4.78, 5) is 13.6. The molecular formula is C19H19F3N2O5S. The zero-order valence-corrected chi connectivity index (χ0v) is 16.7. The van der Waals surface area contributed by atoms with Crippen LogP contribution in [-0.4, -0.2) is 56.1 Å². The number of rotatable bonds is 5. The molecule has 0 spiro atoms. The number of halogens is 3. The number of hydrogen-bond acceptors (Lipinski definition) is 5. The molecule has 1 aliphatic rings. The molecule has 30 heavy (non-hydrogen) atoms. The van der Waals surface area contributed by atoms with E-state index in [1.807, 2.05) is 0 Å². The summed E-state index contributed by atoms with van der Waals surface area (Å²) in [6.07, 6.45) is -1.95. The Morgan fingerprint density at radius 1 is 1.07 bits per heavy atom. The van der Waals surface area contributed by atoms with Gasteiger partial charge in [0.2, 0.25) is 15.9 Å². The third kappa shape index (κ3) is 5.42. The second kappa shape index (κ2) is 8.52. The number of carbonyl (C=O) groups is 1. The van der Waals surface area contributed by atoms with E-state index in [0.717, 1.165) is 30.0 Å². The lowest BCUT2D eigenvalue weighted by Crippen LogP contribution is -2.50. The summed E-state index contributed by atoms with van der Waals surface area (Å²) in [7, 11) is -3.90. The summed E-state index contributed by atoms with van der Waals surface area (Å²) in [5.41, 5.74) is 0. The van der Waals surface area contributed by atoms with E-state index in [0.29, 0.717) is 5.76 Å². The number of carbonyl (C=O) groups excluding carboxylic acids is 1. The lowest BCUT2D eigenvalue weighted by atomic mass is 10.3. The van der Waals surface area contributed by atoms with Crippen LogP contribution in [0.3, 0.4) is 0 Å². The van der Waals surface area contributed by atoms with E-state index in [4.69, 9.17) is 4.42 Å². The van der Waals surface area contributed by atoms with Gasteiger partial charge in [-0.15, -0.1) is 13.2 Å². The Labute approximate surface area is 171 Å². The number of nitrogens with zero attached hydrogens (tertiary/aromatic N) is 2. The SMILES string of the molecule is Cc1ccc(/C=C/C(=O)N2CCN(S(=O)(=O)c3ccc(OC(F)(F)F)cc3)CC2)o1. The highest BCUT2D eigenvalue weighted by Gasteiger charge is 2.32. The lowest BCUT2D eigenvalue weighted by molar-refractivity contribution is -0.274. The van der Waals surface area contributed by atoms with Gasteiger partial charge in [-0.25, -0.2) is 8.42 Å². The lowest BCUT2D eigenvalue weighted by Gasteiger charge is -2.33. The second-order valence-electron chi connectivity index (χ2n) is 6.53. The summed E-state index contributed by atoms with van der Waals surface area (Å²) in [6.45, 7) is 2.31. The van der Waals surface area contributed by atoms with Crippen molar-refractivity contribution in [1.29, 1.82) is 0 Å². The number of aryl methyl sites for hydroxylation is 1. The van der Waals surface area contributed by atoms with Crippen molar-refractivity contribution in [2.24, 2.45) is 0 Å². The Morgan fingerprint density at radius 2 is 1.70 bits per heavy atom. The summed E-state index contributed by atoms with van der Waals surface area (Å²) >= 11 is 0. The molecule has 0 bridgehead atoms. The van der Waals surface area contributed by atoms with Crippen molar-refractivity contribution in [1.82, 2.24) is 9.21 Å². The molecule has 1 amide bonds. The topological polar surface area (TPSA) is 80.1 Å². The van der Waals surface area contributed by atoms with Crippen LogP contribution in [0.1, 0.15) is 11.5 Å². The number of alkyl halides is 3. The zero-order valence-electron chi connectivity index (χ0n) is 15.9. The Morgan fingerprint density at radius 3 is 2.23 bits per heavy atom. The van der Waals surface area contributed by atoms with Gasteiger partial charge in [-0.2, -0.15) is 4.31 Å². The number of benzene rings is 1. The maximum absolute atomic E-state index is 12.7. The first-order valence-electron chi connectivity index (χ1n) is 8.94. The summed E-state index contributed by atoms with van der Waals surface area (Å²) in [6, 6.07) is 7.51. The summed E-state index contributed by atoms with van der Waals surface area (Å²) < 4.78 is 72.4. The molecule has 0 N–H and O–H groups in total. The first-order chi connectivity index (χ1) is 14.0. The monoisotopic (exact) mass is 444 g/mol. The largest absolute Gasteiger partial charge is 0.573 e. The fourth-order valence-corrected chi connectivity index (χ4v) is 4.34. The van der Waals surface area contributed by atoms with Gasteiger partial charge in [0.15, 0.2) is 0 Å². The van der Waals surface area contributed by atoms with E-state index in [-0.39, 0.29) is 37.0 Å². The van der Waals surface area contributed by atoms with Gasteiger partial charge in [0.25, 0.3) is 0 Å². The fourth-order valence-electron chi connectivity index (χ4n) is 2.91. The van der Waals surface area contributed by atoms with Crippen LogP contribution in [0, 0.1) is 6.92 Å². The van der Waals surface area contributed by atoms with E-state index in [9.17, 15) is 26.4 Å². The maximum Gasteiger partial charge on any atom is 0.573 e. The number of piperazine rings is 1. The predicted octanol–water partition coefficient (Wildman–Crippen LogP) is 3.03. The molecule has 1 fully saturated rings. The van der Waals surface area contributed by atoms with Crippen LogP contribution in [0.15, 0.2) is 51.8 Å². The quantitative estimate of drug-likeness (QED) is 0.663. The minimum Gasteiger partial charge on any atom is -0.462 e. The van der Waals surface area contributed by atoms with Crippen molar-refractivity contribution in [3.05, 3.63) is 54.0 Å². The Kier molecular flexibility index (Phi) is 6.22. The molecule has 0 radical (unpaired) electrons. The van der Waals surface area contributed by atoms with Crippen LogP contribution in [-0.2, 0) is 14.8 Å². The van der Waals surface area contributed by atoms with Crippen molar-refractivity contribution in [2.45, 2.75) is 18.2 Å². The van der Waals surface area contributed by atoms with Gasteiger partial charge in [0, 0.05) is 32.3 Å². The predicted molar refractivity (Wildman–Crippen MR) is 101 cm³/mol. The number of ether oxygens (including phenoxy) is 1. The Hall–Kier alpha value is -2.79. The van der Waals surface area contributed by atoms with Crippen LogP contribution in [0.5, 0.6) is 5.75 Å². The Balaban J connectivity index is 1.59.